The van der Waals surface area contributed by atoms with E-state index in [-0.39, 0.29) is 12.2 Å². The Hall–Kier alpha value is -2.27. The van der Waals surface area contributed by atoms with Crippen molar-refractivity contribution in [3.05, 3.63) is 65.7 Å². The monoisotopic (exact) mass is 260 g/mol. The minimum Gasteiger partial charge on any atom is -0.394 e. The Morgan fingerprint density at radius 3 is 2.68 bits per heavy atom. The molecule has 5 heteroatoms. The van der Waals surface area contributed by atoms with Crippen molar-refractivity contribution in [3.63, 3.8) is 0 Å². The average Bonchev–Trinajstić information content (AvgIpc) is 2.45. The zero-order valence-corrected chi connectivity index (χ0v) is 10.1. The number of hydrogen-bond donors (Lipinski definition) is 2. The van der Waals surface area contributed by atoms with E-state index in [4.69, 9.17) is 0 Å². The quantitative estimate of drug-likeness (QED) is 0.822. The van der Waals surface area contributed by atoms with Gasteiger partial charge in [0.05, 0.1) is 12.6 Å². The van der Waals surface area contributed by atoms with Gasteiger partial charge in [0.2, 0.25) is 5.95 Å². The van der Waals surface area contributed by atoms with Crippen molar-refractivity contribution < 1.29 is 14.3 Å². The molecule has 1 heterocycles. The first-order chi connectivity index (χ1) is 9.20. The molecule has 0 bridgehead atoms. The minimum absolute atomic E-state index is 0.168. The van der Waals surface area contributed by atoms with Crippen molar-refractivity contribution in [1.82, 2.24) is 10.3 Å². The van der Waals surface area contributed by atoms with Gasteiger partial charge in [0.15, 0.2) is 0 Å². The first-order valence-corrected chi connectivity index (χ1v) is 5.79. The Balaban J connectivity index is 2.13. The summed E-state index contributed by atoms with van der Waals surface area (Å²) in [4.78, 5) is 15.3. The zero-order valence-electron chi connectivity index (χ0n) is 10.1. The molecule has 1 aromatic carbocycles. The lowest BCUT2D eigenvalue weighted by Crippen LogP contribution is -2.30. The highest BCUT2D eigenvalue weighted by molar-refractivity contribution is 5.94. The van der Waals surface area contributed by atoms with Gasteiger partial charge in [-0.25, -0.2) is 4.98 Å². The van der Waals surface area contributed by atoms with Gasteiger partial charge in [0, 0.05) is 17.8 Å². The van der Waals surface area contributed by atoms with Gasteiger partial charge in [-0.05, 0) is 11.6 Å². The molecule has 2 N–H and O–H groups in total. The van der Waals surface area contributed by atoms with Gasteiger partial charge in [-0.3, -0.25) is 4.79 Å². The lowest BCUT2D eigenvalue weighted by atomic mass is 10.1. The molecule has 0 spiro atoms. The van der Waals surface area contributed by atoms with E-state index < -0.39 is 17.9 Å². The largest absolute Gasteiger partial charge is 0.394 e. The van der Waals surface area contributed by atoms with Crippen LogP contribution in [0.15, 0.2) is 48.7 Å². The molecular weight excluding hydrogens is 247 g/mol. The van der Waals surface area contributed by atoms with E-state index in [1.165, 1.54) is 12.3 Å². The average molecular weight is 260 g/mol. The standard InChI is InChI=1S/C14H13FN2O2/c15-13-8-11(6-7-16-13)14(19)17-12(9-18)10-4-2-1-3-5-10/h1-8,12,18H,9H2,(H,17,19)/t12-/m0/s1. The molecule has 0 aliphatic carbocycles. The maximum atomic E-state index is 12.9. The van der Waals surface area contributed by atoms with E-state index in [1.807, 2.05) is 18.2 Å². The topological polar surface area (TPSA) is 62.2 Å². The van der Waals surface area contributed by atoms with Crippen LogP contribution >= 0.6 is 0 Å². The number of amides is 1. The van der Waals surface area contributed by atoms with Crippen molar-refractivity contribution in [2.24, 2.45) is 0 Å². The summed E-state index contributed by atoms with van der Waals surface area (Å²) in [6, 6.07) is 11.0. The third-order valence-electron chi connectivity index (χ3n) is 2.68. The van der Waals surface area contributed by atoms with Gasteiger partial charge in [-0.2, -0.15) is 4.39 Å². The van der Waals surface area contributed by atoms with E-state index >= 15 is 0 Å². The molecule has 0 aliphatic heterocycles. The zero-order chi connectivity index (χ0) is 13.7. The summed E-state index contributed by atoms with van der Waals surface area (Å²) in [5, 5.41) is 12.0. The molecule has 0 radical (unpaired) electrons. The summed E-state index contributed by atoms with van der Waals surface area (Å²) in [5.74, 6) is -1.17. The van der Waals surface area contributed by atoms with Gasteiger partial charge in [-0.15, -0.1) is 0 Å². The number of halogens is 1. The van der Waals surface area contributed by atoms with Crippen molar-refractivity contribution in [1.29, 1.82) is 0 Å². The highest BCUT2D eigenvalue weighted by atomic mass is 19.1. The number of benzene rings is 1. The molecule has 0 fully saturated rings. The predicted molar refractivity (Wildman–Crippen MR) is 67.9 cm³/mol. The van der Waals surface area contributed by atoms with Crippen molar-refractivity contribution >= 4 is 5.91 Å². The molecular formula is C14H13FN2O2. The Morgan fingerprint density at radius 1 is 1.32 bits per heavy atom. The van der Waals surface area contributed by atoms with Crippen LogP contribution in [0.3, 0.4) is 0 Å². The maximum Gasteiger partial charge on any atom is 0.252 e. The van der Waals surface area contributed by atoms with Crippen LogP contribution in [0.1, 0.15) is 22.0 Å². The lowest BCUT2D eigenvalue weighted by molar-refractivity contribution is 0.0915. The lowest BCUT2D eigenvalue weighted by Gasteiger charge is -2.16. The number of aliphatic hydroxyl groups excluding tert-OH is 1. The van der Waals surface area contributed by atoms with Gasteiger partial charge in [0.1, 0.15) is 0 Å². The van der Waals surface area contributed by atoms with Crippen LogP contribution in [0.2, 0.25) is 0 Å². The SMILES string of the molecule is O=C(N[C@@H](CO)c1ccccc1)c1ccnc(F)c1. The molecule has 1 aromatic heterocycles. The normalized spacial score (nSPS) is 11.9. The molecule has 2 rings (SSSR count). The number of rotatable bonds is 4. The first-order valence-electron chi connectivity index (χ1n) is 5.79. The number of nitrogens with one attached hydrogen (secondary N) is 1. The van der Waals surface area contributed by atoms with Crippen LogP contribution in [0.25, 0.3) is 0 Å². The van der Waals surface area contributed by atoms with Gasteiger partial charge < -0.3 is 10.4 Å². The van der Waals surface area contributed by atoms with Gasteiger partial charge in [-0.1, -0.05) is 30.3 Å². The summed E-state index contributed by atoms with van der Waals surface area (Å²) in [6.45, 7) is -0.233. The summed E-state index contributed by atoms with van der Waals surface area (Å²) < 4.78 is 12.9. The van der Waals surface area contributed by atoms with E-state index in [2.05, 4.69) is 10.3 Å². The Morgan fingerprint density at radius 2 is 2.05 bits per heavy atom. The van der Waals surface area contributed by atoms with Crippen molar-refractivity contribution in [2.45, 2.75) is 6.04 Å². The van der Waals surface area contributed by atoms with Crippen LogP contribution < -0.4 is 5.32 Å². The van der Waals surface area contributed by atoms with Crippen LogP contribution in [-0.2, 0) is 0 Å². The van der Waals surface area contributed by atoms with E-state index in [1.54, 1.807) is 12.1 Å². The summed E-state index contributed by atoms with van der Waals surface area (Å²) >= 11 is 0. The number of pyridine rings is 1. The van der Waals surface area contributed by atoms with Gasteiger partial charge >= 0.3 is 0 Å². The molecule has 0 saturated carbocycles. The van der Waals surface area contributed by atoms with Crippen molar-refractivity contribution in [2.75, 3.05) is 6.61 Å². The first kappa shape index (κ1) is 13.2. The third kappa shape index (κ3) is 3.35. The summed E-state index contributed by atoms with van der Waals surface area (Å²) in [5.41, 5.74) is 0.953. The molecule has 1 atom stereocenters. The second-order valence-electron chi connectivity index (χ2n) is 3.99. The molecule has 0 aliphatic rings. The number of carbonyl (C=O) groups is 1. The molecule has 4 nitrogen and oxygen atoms in total. The molecule has 1 amide bonds. The Labute approximate surface area is 109 Å². The third-order valence-corrected chi connectivity index (χ3v) is 2.68. The van der Waals surface area contributed by atoms with Crippen LogP contribution in [0, 0.1) is 5.95 Å². The summed E-state index contributed by atoms with van der Waals surface area (Å²) in [7, 11) is 0. The summed E-state index contributed by atoms with van der Waals surface area (Å²) in [6.07, 6.45) is 1.22. The second-order valence-corrected chi connectivity index (χ2v) is 3.99. The highest BCUT2D eigenvalue weighted by Crippen LogP contribution is 2.12. The number of carbonyl (C=O) groups excluding carboxylic acids is 1. The number of nitrogens with zero attached hydrogens (tertiary/aromatic N) is 1. The number of aromatic nitrogens is 1. The number of hydrogen-bond acceptors (Lipinski definition) is 3. The fraction of sp³-hybridized carbons (Fsp3) is 0.143. The highest BCUT2D eigenvalue weighted by Gasteiger charge is 2.15. The van der Waals surface area contributed by atoms with Crippen molar-refractivity contribution in [3.8, 4) is 0 Å². The van der Waals surface area contributed by atoms with E-state index in [0.29, 0.717) is 0 Å². The van der Waals surface area contributed by atoms with Crippen LogP contribution in [0.5, 0.6) is 0 Å². The smallest absolute Gasteiger partial charge is 0.252 e. The van der Waals surface area contributed by atoms with E-state index in [9.17, 15) is 14.3 Å². The molecule has 98 valence electrons. The van der Waals surface area contributed by atoms with E-state index in [0.717, 1.165) is 11.6 Å². The van der Waals surface area contributed by atoms with Crippen LogP contribution in [-0.4, -0.2) is 22.6 Å². The molecule has 2 aromatic rings. The Bertz CT molecular complexity index is 560. The molecule has 0 unspecified atom stereocenters. The van der Waals surface area contributed by atoms with Crippen LogP contribution in [0.4, 0.5) is 4.39 Å². The predicted octanol–water partition coefficient (Wildman–Crippen LogP) is 1.68. The minimum atomic E-state index is -0.715. The fourth-order valence-electron chi connectivity index (χ4n) is 1.71. The Kier molecular flexibility index (Phi) is 4.20. The number of aliphatic hydroxyl groups is 1. The molecule has 0 saturated heterocycles. The maximum absolute atomic E-state index is 12.9. The van der Waals surface area contributed by atoms with Gasteiger partial charge in [0.25, 0.3) is 5.91 Å². The molecule has 19 heavy (non-hydrogen) atoms. The second kappa shape index (κ2) is 6.06. The fourth-order valence-corrected chi connectivity index (χ4v) is 1.71.